The lowest BCUT2D eigenvalue weighted by Gasteiger charge is -2.41. The molecule has 1 heterocycles. The Morgan fingerprint density at radius 2 is 2.07 bits per heavy atom. The molecule has 0 amide bonds. The number of fused-ring (bicyclic) bond motifs is 3. The molecule has 0 N–H and O–H groups in total. The summed E-state index contributed by atoms with van der Waals surface area (Å²) in [5, 5.41) is 0. The van der Waals surface area contributed by atoms with E-state index in [-0.39, 0.29) is 18.7 Å². The molecule has 0 aromatic heterocycles. The maximum atomic E-state index is 10.7. The van der Waals surface area contributed by atoms with Crippen molar-refractivity contribution in [1.82, 2.24) is 0 Å². The van der Waals surface area contributed by atoms with Gasteiger partial charge in [0.05, 0.1) is 6.61 Å². The third-order valence-corrected chi connectivity index (χ3v) is 5.79. The summed E-state index contributed by atoms with van der Waals surface area (Å²) >= 11 is 0. The van der Waals surface area contributed by atoms with Crippen LogP contribution in [-0.4, -0.2) is 37.7 Å². The first-order valence-corrected chi connectivity index (χ1v) is 9.59. The van der Waals surface area contributed by atoms with Crippen LogP contribution in [0.2, 0.25) is 0 Å². The van der Waals surface area contributed by atoms with Crippen LogP contribution in [0.3, 0.4) is 0 Å². The summed E-state index contributed by atoms with van der Waals surface area (Å²) in [6.07, 6.45) is 4.26. The molecule has 6 heteroatoms. The van der Waals surface area contributed by atoms with Crippen molar-refractivity contribution >= 4 is 11.5 Å². The van der Waals surface area contributed by atoms with Gasteiger partial charge in [0.2, 0.25) is 5.79 Å². The topological polar surface area (TPSA) is 63.2 Å². The zero-order chi connectivity index (χ0) is 18.9. The van der Waals surface area contributed by atoms with E-state index in [9.17, 15) is 4.79 Å². The molecular weight excluding hydrogens is 348 g/mol. The highest BCUT2D eigenvalue weighted by Gasteiger charge is 2.56. The van der Waals surface area contributed by atoms with Crippen molar-refractivity contribution in [3.8, 4) is 5.75 Å². The molecule has 1 saturated heterocycles. The SMILES string of the molecule is C=C(c1ccc(OCCOC(C)=O)cc1)C1COC2(CC3CCC2C3)OO1. The third-order valence-electron chi connectivity index (χ3n) is 5.79. The summed E-state index contributed by atoms with van der Waals surface area (Å²) in [6.45, 7) is 6.54. The monoisotopic (exact) mass is 374 g/mol. The first-order chi connectivity index (χ1) is 13.1. The second-order valence-electron chi connectivity index (χ2n) is 7.61. The van der Waals surface area contributed by atoms with E-state index in [2.05, 4.69) is 6.58 Å². The quantitative estimate of drug-likeness (QED) is 0.431. The van der Waals surface area contributed by atoms with E-state index in [4.69, 9.17) is 24.0 Å². The molecule has 2 saturated carbocycles. The summed E-state index contributed by atoms with van der Waals surface area (Å²) < 4.78 is 16.5. The lowest BCUT2D eigenvalue weighted by atomic mass is 9.93. The molecule has 0 radical (unpaired) electrons. The van der Waals surface area contributed by atoms with Crippen LogP contribution in [0.25, 0.3) is 5.57 Å². The van der Waals surface area contributed by atoms with E-state index >= 15 is 0 Å². The zero-order valence-corrected chi connectivity index (χ0v) is 15.6. The van der Waals surface area contributed by atoms with Crippen LogP contribution in [0.1, 0.15) is 38.2 Å². The summed E-state index contributed by atoms with van der Waals surface area (Å²) in [4.78, 5) is 22.2. The van der Waals surface area contributed by atoms with Crippen LogP contribution in [0, 0.1) is 11.8 Å². The van der Waals surface area contributed by atoms with Crippen LogP contribution in [0.15, 0.2) is 30.8 Å². The number of hydrogen-bond donors (Lipinski definition) is 0. The van der Waals surface area contributed by atoms with Gasteiger partial charge in [-0.05, 0) is 48.4 Å². The van der Waals surface area contributed by atoms with Crippen molar-refractivity contribution < 1.29 is 28.8 Å². The summed E-state index contributed by atoms with van der Waals surface area (Å²) in [6, 6.07) is 7.57. The van der Waals surface area contributed by atoms with E-state index in [1.54, 1.807) is 0 Å². The van der Waals surface area contributed by atoms with Crippen molar-refractivity contribution in [2.75, 3.05) is 19.8 Å². The number of carbonyl (C=O) groups excluding carboxylic acids is 1. The molecule has 2 bridgehead atoms. The predicted octanol–water partition coefficient (Wildman–Crippen LogP) is 3.51. The fourth-order valence-corrected chi connectivity index (χ4v) is 4.37. The van der Waals surface area contributed by atoms with Crippen LogP contribution in [0.4, 0.5) is 0 Å². The van der Waals surface area contributed by atoms with Gasteiger partial charge >= 0.3 is 5.97 Å². The fourth-order valence-electron chi connectivity index (χ4n) is 4.37. The first kappa shape index (κ1) is 18.5. The van der Waals surface area contributed by atoms with Gasteiger partial charge in [0, 0.05) is 19.3 Å². The number of benzene rings is 1. The number of carbonyl (C=O) groups is 1. The third kappa shape index (κ3) is 3.88. The summed E-state index contributed by atoms with van der Waals surface area (Å²) in [7, 11) is 0. The van der Waals surface area contributed by atoms with Gasteiger partial charge in [0.1, 0.15) is 25.1 Å². The molecule has 1 aliphatic heterocycles. The molecule has 2 aliphatic carbocycles. The largest absolute Gasteiger partial charge is 0.490 e. The van der Waals surface area contributed by atoms with E-state index in [0.29, 0.717) is 30.8 Å². The Labute approximate surface area is 159 Å². The molecule has 27 heavy (non-hydrogen) atoms. The lowest BCUT2D eigenvalue weighted by Crippen LogP contribution is -2.48. The standard InChI is InChI=1S/C21H26O6/c1-14(17-4-7-19(8-5-17)24-10-9-23-15(2)22)20-13-25-21(27-26-20)12-16-3-6-18(21)11-16/h4-5,7-8,16,18,20H,1,3,6,9-13H2,2H3. The van der Waals surface area contributed by atoms with Crippen molar-refractivity contribution in [3.63, 3.8) is 0 Å². The van der Waals surface area contributed by atoms with Gasteiger partial charge in [-0.3, -0.25) is 4.79 Å². The Balaban J connectivity index is 1.28. The van der Waals surface area contributed by atoms with Crippen LogP contribution in [0.5, 0.6) is 5.75 Å². The van der Waals surface area contributed by atoms with Gasteiger partial charge < -0.3 is 14.2 Å². The van der Waals surface area contributed by atoms with E-state index in [0.717, 1.165) is 17.6 Å². The van der Waals surface area contributed by atoms with Crippen molar-refractivity contribution in [1.29, 1.82) is 0 Å². The Morgan fingerprint density at radius 3 is 2.67 bits per heavy atom. The Hall–Kier alpha value is -1.89. The maximum absolute atomic E-state index is 10.7. The molecule has 4 atom stereocenters. The molecule has 1 spiro atoms. The molecule has 1 aromatic rings. The smallest absolute Gasteiger partial charge is 0.302 e. The van der Waals surface area contributed by atoms with Crippen LogP contribution >= 0.6 is 0 Å². The van der Waals surface area contributed by atoms with Crippen molar-refractivity contribution in [3.05, 3.63) is 36.4 Å². The second kappa shape index (κ2) is 7.62. The van der Waals surface area contributed by atoms with Crippen LogP contribution < -0.4 is 4.74 Å². The fraction of sp³-hybridized carbons (Fsp3) is 0.571. The van der Waals surface area contributed by atoms with Gasteiger partial charge in [-0.1, -0.05) is 18.7 Å². The van der Waals surface area contributed by atoms with Gasteiger partial charge in [-0.25, -0.2) is 9.78 Å². The van der Waals surface area contributed by atoms with Gasteiger partial charge in [0.25, 0.3) is 0 Å². The normalized spacial score (nSPS) is 31.8. The highest BCUT2D eigenvalue weighted by atomic mass is 17.2. The average molecular weight is 374 g/mol. The lowest BCUT2D eigenvalue weighted by molar-refractivity contribution is -0.488. The molecule has 6 nitrogen and oxygen atoms in total. The summed E-state index contributed by atoms with van der Waals surface area (Å²) in [5.74, 6) is 1.04. The Kier molecular flexibility index (Phi) is 5.21. The second-order valence-corrected chi connectivity index (χ2v) is 7.61. The van der Waals surface area contributed by atoms with Crippen molar-refractivity contribution in [2.45, 2.75) is 44.5 Å². The molecule has 4 unspecified atom stereocenters. The molecule has 1 aromatic carbocycles. The van der Waals surface area contributed by atoms with Crippen molar-refractivity contribution in [2.24, 2.45) is 11.8 Å². The van der Waals surface area contributed by atoms with Gasteiger partial charge in [-0.2, -0.15) is 0 Å². The molecule has 4 rings (SSSR count). The Bertz CT molecular complexity index is 689. The average Bonchev–Trinajstić information content (AvgIpc) is 3.27. The number of hydrogen-bond acceptors (Lipinski definition) is 6. The zero-order valence-electron chi connectivity index (χ0n) is 15.6. The minimum absolute atomic E-state index is 0.234. The number of rotatable bonds is 6. The predicted molar refractivity (Wildman–Crippen MR) is 97.7 cm³/mol. The maximum Gasteiger partial charge on any atom is 0.302 e. The Morgan fingerprint density at radius 1 is 1.26 bits per heavy atom. The molecule has 3 fully saturated rings. The summed E-state index contributed by atoms with van der Waals surface area (Å²) in [5.41, 5.74) is 1.77. The minimum Gasteiger partial charge on any atom is -0.490 e. The van der Waals surface area contributed by atoms with Crippen LogP contribution in [-0.2, 0) is 24.0 Å². The number of esters is 1. The molecule has 3 aliphatic rings. The number of ether oxygens (including phenoxy) is 3. The van der Waals surface area contributed by atoms with E-state index in [1.165, 1.54) is 26.2 Å². The van der Waals surface area contributed by atoms with Gasteiger partial charge in [0.15, 0.2) is 0 Å². The highest BCUT2D eigenvalue weighted by molar-refractivity contribution is 5.67. The molecular formula is C21H26O6. The molecule has 146 valence electrons. The highest BCUT2D eigenvalue weighted by Crippen LogP contribution is 2.54. The van der Waals surface area contributed by atoms with E-state index in [1.807, 2.05) is 24.3 Å². The van der Waals surface area contributed by atoms with E-state index < -0.39 is 5.79 Å². The van der Waals surface area contributed by atoms with Gasteiger partial charge in [-0.15, -0.1) is 0 Å². The minimum atomic E-state index is -0.528. The first-order valence-electron chi connectivity index (χ1n) is 9.59.